The number of Topliss-reactive ketones (excluding diaryl/α,β-unsaturated/α-hetero) is 1. The summed E-state index contributed by atoms with van der Waals surface area (Å²) in [6, 6.07) is 5.51. The standard InChI is InChI=1S/C13H17BrO2/c1-4-11(5-2)16-13-8-10(14)6-7-12(13)9(3)15/h6-8,11H,4-5H2,1-3H3. The average molecular weight is 285 g/mol. The van der Waals surface area contributed by atoms with Crippen molar-refractivity contribution in [3.8, 4) is 5.75 Å². The molecule has 0 N–H and O–H groups in total. The largest absolute Gasteiger partial charge is 0.490 e. The molecule has 16 heavy (non-hydrogen) atoms. The van der Waals surface area contributed by atoms with E-state index in [0.29, 0.717) is 11.3 Å². The summed E-state index contributed by atoms with van der Waals surface area (Å²) >= 11 is 3.39. The van der Waals surface area contributed by atoms with Gasteiger partial charge in [0.1, 0.15) is 5.75 Å². The molecule has 1 aromatic rings. The maximum absolute atomic E-state index is 11.4. The number of benzene rings is 1. The van der Waals surface area contributed by atoms with E-state index >= 15 is 0 Å². The molecule has 0 amide bonds. The minimum Gasteiger partial charge on any atom is -0.490 e. The molecule has 0 aliphatic rings. The number of carbonyl (C=O) groups is 1. The van der Waals surface area contributed by atoms with Crippen LogP contribution in [0.25, 0.3) is 0 Å². The van der Waals surface area contributed by atoms with E-state index in [1.165, 1.54) is 0 Å². The Morgan fingerprint density at radius 3 is 2.50 bits per heavy atom. The molecule has 0 saturated carbocycles. The first kappa shape index (κ1) is 13.2. The van der Waals surface area contributed by atoms with Crippen LogP contribution in [0.1, 0.15) is 44.0 Å². The van der Waals surface area contributed by atoms with Crippen LogP contribution < -0.4 is 4.74 Å². The van der Waals surface area contributed by atoms with Crippen molar-refractivity contribution >= 4 is 21.7 Å². The highest BCUT2D eigenvalue weighted by molar-refractivity contribution is 9.10. The van der Waals surface area contributed by atoms with Gasteiger partial charge in [-0.2, -0.15) is 0 Å². The number of rotatable bonds is 5. The summed E-state index contributed by atoms with van der Waals surface area (Å²) in [6.45, 7) is 5.72. The highest BCUT2D eigenvalue weighted by Crippen LogP contribution is 2.26. The zero-order valence-electron chi connectivity index (χ0n) is 9.92. The lowest BCUT2D eigenvalue weighted by molar-refractivity contribution is 0.100. The van der Waals surface area contributed by atoms with Crippen LogP contribution in [0.4, 0.5) is 0 Å². The summed E-state index contributed by atoms with van der Waals surface area (Å²) in [5.74, 6) is 0.712. The Kier molecular flexibility index (Phi) is 5.00. The van der Waals surface area contributed by atoms with E-state index in [1.54, 1.807) is 13.0 Å². The number of halogens is 1. The van der Waals surface area contributed by atoms with Gasteiger partial charge in [0.05, 0.1) is 11.7 Å². The van der Waals surface area contributed by atoms with Crippen molar-refractivity contribution in [1.82, 2.24) is 0 Å². The van der Waals surface area contributed by atoms with Crippen molar-refractivity contribution in [2.75, 3.05) is 0 Å². The number of ketones is 1. The molecule has 0 spiro atoms. The van der Waals surface area contributed by atoms with Crippen LogP contribution in [-0.2, 0) is 0 Å². The van der Waals surface area contributed by atoms with E-state index in [-0.39, 0.29) is 11.9 Å². The molecule has 3 heteroatoms. The third-order valence-electron chi connectivity index (χ3n) is 2.53. The van der Waals surface area contributed by atoms with Gasteiger partial charge in [-0.15, -0.1) is 0 Å². The Balaban J connectivity index is 3.00. The van der Waals surface area contributed by atoms with Gasteiger partial charge in [0, 0.05) is 4.47 Å². The molecule has 1 rings (SSSR count). The summed E-state index contributed by atoms with van der Waals surface area (Å²) in [5, 5.41) is 0. The van der Waals surface area contributed by atoms with E-state index in [0.717, 1.165) is 17.3 Å². The second-order valence-corrected chi connectivity index (χ2v) is 4.67. The fourth-order valence-electron chi connectivity index (χ4n) is 1.52. The second kappa shape index (κ2) is 6.04. The number of hydrogen-bond donors (Lipinski definition) is 0. The van der Waals surface area contributed by atoms with Crippen LogP contribution in [0.2, 0.25) is 0 Å². The van der Waals surface area contributed by atoms with Crippen molar-refractivity contribution < 1.29 is 9.53 Å². The van der Waals surface area contributed by atoms with Crippen molar-refractivity contribution in [3.05, 3.63) is 28.2 Å². The Hall–Kier alpha value is -0.830. The molecule has 0 aliphatic carbocycles. The normalized spacial score (nSPS) is 10.6. The third-order valence-corrected chi connectivity index (χ3v) is 3.02. The molecular weight excluding hydrogens is 268 g/mol. The first-order valence-electron chi connectivity index (χ1n) is 5.55. The molecule has 0 aliphatic heterocycles. The van der Waals surface area contributed by atoms with Gasteiger partial charge in [0.2, 0.25) is 0 Å². The van der Waals surface area contributed by atoms with Gasteiger partial charge in [-0.1, -0.05) is 29.8 Å². The molecule has 0 atom stereocenters. The fourth-order valence-corrected chi connectivity index (χ4v) is 1.86. The van der Waals surface area contributed by atoms with Gasteiger partial charge in [0.15, 0.2) is 5.78 Å². The van der Waals surface area contributed by atoms with Gasteiger partial charge in [-0.3, -0.25) is 4.79 Å². The molecule has 0 heterocycles. The lowest BCUT2D eigenvalue weighted by Gasteiger charge is -2.17. The monoisotopic (exact) mass is 284 g/mol. The molecule has 1 aromatic carbocycles. The minimum atomic E-state index is 0.0356. The zero-order valence-corrected chi connectivity index (χ0v) is 11.5. The fraction of sp³-hybridized carbons (Fsp3) is 0.462. The number of ether oxygens (including phenoxy) is 1. The molecule has 2 nitrogen and oxygen atoms in total. The van der Waals surface area contributed by atoms with Crippen LogP contribution in [0.15, 0.2) is 22.7 Å². The summed E-state index contributed by atoms with van der Waals surface area (Å²) < 4.78 is 6.76. The van der Waals surface area contributed by atoms with Gasteiger partial charge in [-0.25, -0.2) is 0 Å². The SMILES string of the molecule is CCC(CC)Oc1cc(Br)ccc1C(C)=O. The maximum atomic E-state index is 11.4. The topological polar surface area (TPSA) is 26.3 Å². The van der Waals surface area contributed by atoms with Crippen molar-refractivity contribution in [1.29, 1.82) is 0 Å². The number of carbonyl (C=O) groups excluding carboxylic acids is 1. The van der Waals surface area contributed by atoms with Gasteiger partial charge in [-0.05, 0) is 38.0 Å². The first-order valence-corrected chi connectivity index (χ1v) is 6.34. The first-order chi connectivity index (χ1) is 7.58. The quantitative estimate of drug-likeness (QED) is 0.757. The maximum Gasteiger partial charge on any atom is 0.163 e. The molecule has 0 radical (unpaired) electrons. The van der Waals surface area contributed by atoms with Gasteiger partial charge < -0.3 is 4.74 Å². The van der Waals surface area contributed by atoms with Crippen LogP contribution in [0, 0.1) is 0 Å². The molecule has 0 saturated heterocycles. The summed E-state index contributed by atoms with van der Waals surface area (Å²) in [4.78, 5) is 11.4. The highest BCUT2D eigenvalue weighted by atomic mass is 79.9. The molecule has 0 unspecified atom stereocenters. The Morgan fingerprint density at radius 1 is 1.38 bits per heavy atom. The molecule has 0 bridgehead atoms. The zero-order chi connectivity index (χ0) is 12.1. The predicted octanol–water partition coefficient (Wildman–Crippen LogP) is 4.22. The lowest BCUT2D eigenvalue weighted by atomic mass is 10.1. The summed E-state index contributed by atoms with van der Waals surface area (Å²) in [6.07, 6.45) is 2.06. The van der Waals surface area contributed by atoms with Crippen LogP contribution in [-0.4, -0.2) is 11.9 Å². The Labute approximate surface area is 105 Å². The van der Waals surface area contributed by atoms with Gasteiger partial charge >= 0.3 is 0 Å². The van der Waals surface area contributed by atoms with E-state index in [9.17, 15) is 4.79 Å². The van der Waals surface area contributed by atoms with Crippen molar-refractivity contribution in [3.63, 3.8) is 0 Å². The third kappa shape index (κ3) is 3.34. The lowest BCUT2D eigenvalue weighted by Crippen LogP contribution is -2.15. The van der Waals surface area contributed by atoms with Crippen molar-refractivity contribution in [2.45, 2.75) is 39.7 Å². The Bertz CT molecular complexity index is 370. The van der Waals surface area contributed by atoms with E-state index in [4.69, 9.17) is 4.74 Å². The molecule has 0 aromatic heterocycles. The summed E-state index contributed by atoms with van der Waals surface area (Å²) in [5.41, 5.74) is 0.648. The minimum absolute atomic E-state index is 0.0356. The van der Waals surface area contributed by atoms with Crippen LogP contribution in [0.3, 0.4) is 0 Å². The Morgan fingerprint density at radius 2 is 2.00 bits per heavy atom. The van der Waals surface area contributed by atoms with Crippen LogP contribution >= 0.6 is 15.9 Å². The predicted molar refractivity (Wildman–Crippen MR) is 69.1 cm³/mol. The van der Waals surface area contributed by atoms with Crippen molar-refractivity contribution in [2.24, 2.45) is 0 Å². The molecule has 0 fully saturated rings. The van der Waals surface area contributed by atoms with E-state index < -0.39 is 0 Å². The molecule has 88 valence electrons. The average Bonchev–Trinajstić information content (AvgIpc) is 2.25. The smallest absolute Gasteiger partial charge is 0.163 e. The highest BCUT2D eigenvalue weighted by Gasteiger charge is 2.12. The second-order valence-electron chi connectivity index (χ2n) is 3.75. The van der Waals surface area contributed by atoms with E-state index in [2.05, 4.69) is 29.8 Å². The molecular formula is C13H17BrO2. The number of hydrogen-bond acceptors (Lipinski definition) is 2. The summed E-state index contributed by atoms with van der Waals surface area (Å²) in [7, 11) is 0. The van der Waals surface area contributed by atoms with Gasteiger partial charge in [0.25, 0.3) is 0 Å². The van der Waals surface area contributed by atoms with E-state index in [1.807, 2.05) is 12.1 Å². The van der Waals surface area contributed by atoms with Crippen LogP contribution in [0.5, 0.6) is 5.75 Å².